The van der Waals surface area contributed by atoms with E-state index in [0.29, 0.717) is 5.56 Å². The normalized spacial score (nSPS) is 28.6. The van der Waals surface area contributed by atoms with E-state index in [1.807, 2.05) is 0 Å². The van der Waals surface area contributed by atoms with Gasteiger partial charge in [0.05, 0.1) is 29.1 Å². The molecule has 2 saturated heterocycles. The Morgan fingerprint density at radius 2 is 1.51 bits per heavy atom. The number of carbonyl (C=O) groups is 4. The van der Waals surface area contributed by atoms with Crippen molar-refractivity contribution in [1.29, 1.82) is 0 Å². The fraction of sp³-hybridized carbons (Fsp3) is 0.294. The molecule has 6 unspecified atom stereocenters. The maximum atomic E-state index is 15.3. The molecule has 2 heterocycles. The highest BCUT2D eigenvalue weighted by Crippen LogP contribution is 2.66. The average molecular weight is 835 g/mol. The van der Waals surface area contributed by atoms with Gasteiger partial charge in [-0.25, -0.2) is 31.8 Å². The number of rotatable bonds is 4. The number of halogens is 9. The lowest BCUT2D eigenvalue weighted by molar-refractivity contribution is -0.125. The summed E-state index contributed by atoms with van der Waals surface area (Å²) in [7, 11) is 1.21. The highest BCUT2D eigenvalue weighted by atomic mass is 79.9. The number of aromatic hydroxyl groups is 1. The number of phenolic OH excluding ortho intramolecular Hbond substituents is 1. The number of allylic oxidation sites excluding steroid dienone is 2. The van der Waals surface area contributed by atoms with Crippen molar-refractivity contribution in [1.82, 2.24) is 0 Å². The van der Waals surface area contributed by atoms with Gasteiger partial charge in [-0.2, -0.15) is 0 Å². The lowest BCUT2D eigenvalue weighted by atomic mass is 9.56. The summed E-state index contributed by atoms with van der Waals surface area (Å²) in [6.45, 7) is 1.72. The number of benzene rings is 3. The molecule has 2 aliphatic carbocycles. The second-order valence-corrected chi connectivity index (χ2v) is 15.2. The third kappa shape index (κ3) is 4.61. The Bertz CT molecular complexity index is 2160. The maximum Gasteiger partial charge on any atom is 0.258 e. The number of fused-ring (bicyclic) bond motifs is 4. The zero-order valence-electron chi connectivity index (χ0n) is 26.0. The molecule has 0 spiro atoms. The Balaban J connectivity index is 1.45. The number of phenols is 1. The second-order valence-electron chi connectivity index (χ2n) is 12.7. The van der Waals surface area contributed by atoms with Crippen molar-refractivity contribution in [2.75, 3.05) is 16.9 Å². The number of hydrogen-bond donors (Lipinski definition) is 1. The first-order chi connectivity index (χ1) is 23.9. The number of methoxy groups -OCH3 is 1. The van der Waals surface area contributed by atoms with Gasteiger partial charge in [0, 0.05) is 10.9 Å². The molecule has 7 rings (SSSR count). The minimum Gasteiger partial charge on any atom is -0.503 e. The van der Waals surface area contributed by atoms with E-state index < -0.39 is 98.2 Å². The number of anilines is 2. The number of ether oxygens (including phenoxy) is 1. The fourth-order valence-electron chi connectivity index (χ4n) is 7.83. The van der Waals surface area contributed by atoms with Gasteiger partial charge < -0.3 is 9.84 Å². The summed E-state index contributed by atoms with van der Waals surface area (Å²) in [4.78, 5) is 52.1. The zero-order chi connectivity index (χ0) is 37.2. The van der Waals surface area contributed by atoms with Gasteiger partial charge in [0.2, 0.25) is 17.6 Å². The first-order valence-electron chi connectivity index (χ1n) is 15.1. The molecule has 17 heteroatoms. The molecule has 3 aromatic carbocycles. The molecule has 4 amide bonds. The molecule has 1 saturated carbocycles. The predicted octanol–water partition coefficient (Wildman–Crippen LogP) is 7.59. The van der Waals surface area contributed by atoms with Crippen molar-refractivity contribution in [3.8, 4) is 11.5 Å². The molecular weight excluding hydrogens is 814 g/mol. The number of carbonyl (C=O) groups excluding carboxylic acids is 4. The summed E-state index contributed by atoms with van der Waals surface area (Å²) >= 11 is 23.8. The molecule has 0 bridgehead atoms. The van der Waals surface area contributed by atoms with Crippen LogP contribution in [-0.2, 0) is 19.2 Å². The largest absolute Gasteiger partial charge is 0.503 e. The van der Waals surface area contributed by atoms with Crippen molar-refractivity contribution in [3.05, 3.63) is 91.7 Å². The van der Waals surface area contributed by atoms with Gasteiger partial charge in [-0.3, -0.25) is 19.2 Å². The van der Waals surface area contributed by atoms with Crippen LogP contribution in [0.25, 0.3) is 0 Å². The Kier molecular flexibility index (Phi) is 8.33. The Labute approximate surface area is 308 Å². The third-order valence-corrected chi connectivity index (χ3v) is 12.7. The van der Waals surface area contributed by atoms with E-state index in [4.69, 9.17) is 39.5 Å². The Hall–Kier alpha value is -3.72. The van der Waals surface area contributed by atoms with Crippen LogP contribution in [0.3, 0.4) is 0 Å². The fourth-order valence-corrected chi connectivity index (χ4v) is 9.40. The smallest absolute Gasteiger partial charge is 0.258 e. The lowest BCUT2D eigenvalue weighted by Gasteiger charge is -2.50. The molecule has 3 fully saturated rings. The van der Waals surface area contributed by atoms with E-state index in [0.717, 1.165) is 4.90 Å². The molecule has 0 radical (unpaired) electrons. The van der Waals surface area contributed by atoms with Gasteiger partial charge >= 0.3 is 0 Å². The maximum absolute atomic E-state index is 15.3. The van der Waals surface area contributed by atoms with Gasteiger partial charge in [0.15, 0.2) is 44.5 Å². The van der Waals surface area contributed by atoms with Crippen molar-refractivity contribution in [2.24, 2.45) is 17.8 Å². The van der Waals surface area contributed by atoms with Crippen LogP contribution in [-0.4, -0.2) is 45.6 Å². The van der Waals surface area contributed by atoms with E-state index >= 15 is 8.78 Å². The number of amides is 4. The van der Waals surface area contributed by atoms with Crippen LogP contribution >= 0.6 is 50.7 Å². The summed E-state index contributed by atoms with van der Waals surface area (Å²) in [5, 5.41) is 10.9. The van der Waals surface area contributed by atoms with Crippen LogP contribution in [0.2, 0.25) is 5.02 Å². The lowest BCUT2D eigenvalue weighted by Crippen LogP contribution is -2.60. The Morgan fingerprint density at radius 1 is 0.882 bits per heavy atom. The molecule has 0 aromatic heterocycles. The van der Waals surface area contributed by atoms with Crippen molar-refractivity contribution >= 4 is 85.7 Å². The Morgan fingerprint density at radius 3 is 2.12 bits per heavy atom. The molecular formula is C34H21BrCl3F5N2O6. The first-order valence-corrected chi connectivity index (χ1v) is 17.0. The van der Waals surface area contributed by atoms with Gasteiger partial charge in [-0.1, -0.05) is 29.3 Å². The van der Waals surface area contributed by atoms with E-state index in [-0.39, 0.29) is 49.1 Å². The predicted molar refractivity (Wildman–Crippen MR) is 177 cm³/mol. The summed E-state index contributed by atoms with van der Waals surface area (Å²) in [5.74, 6) is -22.3. The molecule has 6 atom stereocenters. The van der Waals surface area contributed by atoms with Gasteiger partial charge in [0.25, 0.3) is 11.8 Å². The van der Waals surface area contributed by atoms with E-state index in [1.165, 1.54) is 31.4 Å². The number of imide groups is 2. The highest BCUT2D eigenvalue weighted by molar-refractivity contribution is 9.10. The molecule has 4 aliphatic rings. The minimum absolute atomic E-state index is 0.0108. The third-order valence-electron chi connectivity index (χ3n) is 10.2. The van der Waals surface area contributed by atoms with Crippen molar-refractivity contribution < 1.29 is 51.0 Å². The molecule has 8 nitrogen and oxygen atoms in total. The highest BCUT2D eigenvalue weighted by Gasteiger charge is 2.77. The number of alkyl halides is 2. The van der Waals surface area contributed by atoms with Gasteiger partial charge in [-0.05, 0) is 77.0 Å². The molecule has 3 aromatic rings. The van der Waals surface area contributed by atoms with E-state index in [1.54, 1.807) is 19.1 Å². The standard InChI is InChI=1S/C34H21BrCl3F5N2O6/c1-11-3-4-13(9-18(11)36)44-29(47)15-6-5-14-16(20(15)30(44)48)10-33(37)31(49)45(27-25(42)23(40)22(39)24(41)26(27)43)32(50)34(33,38)21(14)12-7-17(35)28(46)19(8-12)51-2/h3-5,7-9,15-16,20-21,46H,6,10H2,1-2H3. The number of nitrogens with zero attached hydrogens (tertiary/aromatic N) is 2. The number of hydrogen-bond acceptors (Lipinski definition) is 6. The van der Waals surface area contributed by atoms with Crippen LogP contribution in [0, 0.1) is 53.8 Å². The summed E-state index contributed by atoms with van der Waals surface area (Å²) in [6.07, 6.45) is 0.825. The van der Waals surface area contributed by atoms with Crippen molar-refractivity contribution in [3.63, 3.8) is 0 Å². The molecule has 266 valence electrons. The van der Waals surface area contributed by atoms with Crippen LogP contribution in [0.4, 0.5) is 33.3 Å². The SMILES string of the molecule is COc1cc(C2C3=CCC4C(=O)N(c5ccc(C)c(Cl)c5)C(=O)C4C3CC3(Cl)C(=O)N(c4c(F)c(F)c(F)c(F)c4F)C(=O)C23Cl)cc(Br)c1O. The van der Waals surface area contributed by atoms with E-state index in [2.05, 4.69) is 15.9 Å². The summed E-state index contributed by atoms with van der Waals surface area (Å²) < 4.78 is 78.8. The van der Waals surface area contributed by atoms with Crippen LogP contribution in [0.1, 0.15) is 29.9 Å². The monoisotopic (exact) mass is 832 g/mol. The van der Waals surface area contributed by atoms with Gasteiger partial charge in [-0.15, -0.1) is 23.2 Å². The zero-order valence-corrected chi connectivity index (χ0v) is 29.8. The number of aryl methyl sites for hydroxylation is 1. The van der Waals surface area contributed by atoms with Gasteiger partial charge in [0.1, 0.15) is 5.69 Å². The molecule has 2 aliphatic heterocycles. The van der Waals surface area contributed by atoms with Crippen LogP contribution in [0.5, 0.6) is 11.5 Å². The topological polar surface area (TPSA) is 104 Å². The van der Waals surface area contributed by atoms with Crippen molar-refractivity contribution in [2.45, 2.75) is 35.4 Å². The quantitative estimate of drug-likeness (QED) is 0.0726. The van der Waals surface area contributed by atoms with E-state index in [9.17, 15) is 37.5 Å². The van der Waals surface area contributed by atoms with Crippen LogP contribution < -0.4 is 14.5 Å². The molecule has 1 N–H and O–H groups in total. The van der Waals surface area contributed by atoms with Crippen LogP contribution in [0.15, 0.2) is 46.5 Å². The summed E-state index contributed by atoms with van der Waals surface area (Å²) in [6, 6.07) is 7.14. The first kappa shape index (κ1) is 35.7. The molecule has 51 heavy (non-hydrogen) atoms. The second kappa shape index (κ2) is 11.9. The summed E-state index contributed by atoms with van der Waals surface area (Å²) in [5.41, 5.74) is -0.758. The minimum atomic E-state index is -2.74. The average Bonchev–Trinajstić information content (AvgIpc) is 3.43.